The lowest BCUT2D eigenvalue weighted by Gasteiger charge is -2.42. The Morgan fingerprint density at radius 1 is 1.35 bits per heavy atom. The Labute approximate surface area is 147 Å². The number of nitrogens with zero attached hydrogens (tertiary/aromatic N) is 1. The van der Waals surface area contributed by atoms with Crippen molar-refractivity contribution < 1.29 is 35.9 Å². The fourth-order valence-corrected chi connectivity index (χ4v) is 4.12. The maximum absolute atomic E-state index is 13.3. The predicted octanol–water partition coefficient (Wildman–Crippen LogP) is 2.06. The van der Waals surface area contributed by atoms with Crippen LogP contribution in [0.25, 0.3) is 0 Å². The molecule has 1 fully saturated rings. The summed E-state index contributed by atoms with van der Waals surface area (Å²) in [6.07, 6.45) is -4.32. The second kappa shape index (κ2) is 7.49. The molecule has 2 N–H and O–H groups in total. The summed E-state index contributed by atoms with van der Waals surface area (Å²) >= 11 is 0. The third-order valence-electron chi connectivity index (χ3n) is 4.25. The monoisotopic (exact) mass is 398 g/mol. The number of aliphatic carboxylic acids is 1. The molecule has 2 rings (SSSR count). The Morgan fingerprint density at radius 3 is 2.46 bits per heavy atom. The highest BCUT2D eigenvalue weighted by Gasteiger charge is 2.38. The minimum Gasteiger partial charge on any atom is -0.480 e. The van der Waals surface area contributed by atoms with Gasteiger partial charge in [-0.2, -0.15) is 13.2 Å². The molecule has 1 aromatic carbocycles. The number of alkyl halides is 3. The van der Waals surface area contributed by atoms with Crippen LogP contribution in [0.2, 0.25) is 0 Å². The Bertz CT molecular complexity index is 776. The maximum atomic E-state index is 13.3. The van der Waals surface area contributed by atoms with E-state index in [2.05, 4.69) is 4.72 Å². The topological polar surface area (TPSA) is 86.7 Å². The summed E-state index contributed by atoms with van der Waals surface area (Å²) in [6.45, 7) is 2.08. The molecule has 0 bridgehead atoms. The van der Waals surface area contributed by atoms with Gasteiger partial charge in [0.25, 0.3) is 0 Å². The van der Waals surface area contributed by atoms with Crippen molar-refractivity contribution in [2.24, 2.45) is 0 Å². The number of benzene rings is 1. The van der Waals surface area contributed by atoms with Crippen molar-refractivity contribution in [2.75, 3.05) is 13.1 Å². The predicted molar refractivity (Wildman–Crippen MR) is 83.4 cm³/mol. The highest BCUT2D eigenvalue weighted by atomic mass is 32.2. The Hall–Kier alpha value is -1.72. The molecule has 0 aromatic heterocycles. The van der Waals surface area contributed by atoms with Gasteiger partial charge >= 0.3 is 12.1 Å². The summed E-state index contributed by atoms with van der Waals surface area (Å²) in [5, 5.41) is 8.82. The molecular weight excluding hydrogens is 380 g/mol. The van der Waals surface area contributed by atoms with Gasteiger partial charge in [0, 0.05) is 12.1 Å². The van der Waals surface area contributed by atoms with E-state index in [-0.39, 0.29) is 18.7 Å². The van der Waals surface area contributed by atoms with E-state index in [1.807, 2.05) is 0 Å². The number of likely N-dealkylation sites (N-methyl/N-ethyl adjacent to an activating group) is 1. The molecule has 6 nitrogen and oxygen atoms in total. The van der Waals surface area contributed by atoms with Crippen LogP contribution in [0.1, 0.15) is 25.3 Å². The van der Waals surface area contributed by atoms with E-state index in [1.165, 1.54) is 0 Å². The van der Waals surface area contributed by atoms with Gasteiger partial charge in [0.15, 0.2) is 0 Å². The molecule has 0 heterocycles. The average Bonchev–Trinajstić information content (AvgIpc) is 2.47. The Balaban J connectivity index is 2.06. The second-order valence-corrected chi connectivity index (χ2v) is 7.75. The van der Waals surface area contributed by atoms with Gasteiger partial charge in [-0.25, -0.2) is 17.5 Å². The first-order valence-corrected chi connectivity index (χ1v) is 9.27. The van der Waals surface area contributed by atoms with Crippen LogP contribution in [-0.4, -0.2) is 49.6 Å². The van der Waals surface area contributed by atoms with Crippen LogP contribution >= 0.6 is 0 Å². The first kappa shape index (κ1) is 20.6. The van der Waals surface area contributed by atoms with Crippen molar-refractivity contribution >= 4 is 16.0 Å². The SMILES string of the molecule is CCN(CC(=O)O)C1CC(NS(=O)(=O)c2ccc(F)c(C(F)(F)F)c2)C1. The van der Waals surface area contributed by atoms with E-state index in [4.69, 9.17) is 5.11 Å². The zero-order valence-corrected chi connectivity index (χ0v) is 14.6. The van der Waals surface area contributed by atoms with Crippen LogP contribution < -0.4 is 4.72 Å². The molecule has 11 heteroatoms. The lowest BCUT2D eigenvalue weighted by Crippen LogP contribution is -2.54. The molecule has 0 radical (unpaired) electrons. The number of carboxylic acid groups (broad SMARTS) is 1. The van der Waals surface area contributed by atoms with Crippen molar-refractivity contribution in [3.63, 3.8) is 0 Å². The number of carbonyl (C=O) groups is 1. The molecule has 1 aliphatic carbocycles. The molecule has 0 saturated heterocycles. The van der Waals surface area contributed by atoms with Crippen LogP contribution in [0.5, 0.6) is 0 Å². The van der Waals surface area contributed by atoms with E-state index in [1.54, 1.807) is 11.8 Å². The van der Waals surface area contributed by atoms with E-state index < -0.39 is 44.5 Å². The molecule has 0 spiro atoms. The van der Waals surface area contributed by atoms with Crippen molar-refractivity contribution in [1.29, 1.82) is 0 Å². The number of carboxylic acids is 1. The van der Waals surface area contributed by atoms with Gasteiger partial charge in [-0.3, -0.25) is 9.69 Å². The third kappa shape index (κ3) is 4.71. The van der Waals surface area contributed by atoms with Crippen LogP contribution in [0.4, 0.5) is 17.6 Å². The standard InChI is InChI=1S/C15H18F4N2O4S/c1-2-21(8-14(22)23)10-5-9(6-10)20-26(24,25)11-3-4-13(16)12(7-11)15(17,18)19/h3-4,7,9-10,20H,2,5-6,8H2,1H3,(H,22,23). The molecule has 146 valence electrons. The summed E-state index contributed by atoms with van der Waals surface area (Å²) in [5.41, 5.74) is -1.65. The van der Waals surface area contributed by atoms with Crippen molar-refractivity contribution in [3.8, 4) is 0 Å². The van der Waals surface area contributed by atoms with E-state index in [9.17, 15) is 30.8 Å². The number of rotatable bonds is 7. The zero-order chi connectivity index (χ0) is 19.7. The molecule has 1 aromatic rings. The van der Waals surface area contributed by atoms with Crippen LogP contribution in [0.3, 0.4) is 0 Å². The molecule has 0 amide bonds. The lowest BCUT2D eigenvalue weighted by atomic mass is 9.86. The summed E-state index contributed by atoms with van der Waals surface area (Å²) in [4.78, 5) is 11.8. The Kier molecular flexibility index (Phi) is 5.93. The van der Waals surface area contributed by atoms with Crippen molar-refractivity contribution in [2.45, 2.75) is 42.9 Å². The molecule has 1 aliphatic rings. The average molecular weight is 398 g/mol. The zero-order valence-electron chi connectivity index (χ0n) is 13.8. The van der Waals surface area contributed by atoms with E-state index in [0.29, 0.717) is 25.5 Å². The fourth-order valence-electron chi connectivity index (χ4n) is 2.83. The second-order valence-electron chi connectivity index (χ2n) is 6.04. The van der Waals surface area contributed by atoms with Crippen LogP contribution in [0.15, 0.2) is 23.1 Å². The Morgan fingerprint density at radius 2 is 1.96 bits per heavy atom. The van der Waals surface area contributed by atoms with Gasteiger partial charge in [-0.15, -0.1) is 0 Å². The highest BCUT2D eigenvalue weighted by Crippen LogP contribution is 2.33. The minimum atomic E-state index is -5.00. The largest absolute Gasteiger partial charge is 0.480 e. The summed E-state index contributed by atoms with van der Waals surface area (Å²) in [5.74, 6) is -2.55. The fraction of sp³-hybridized carbons (Fsp3) is 0.533. The van der Waals surface area contributed by atoms with Crippen molar-refractivity contribution in [3.05, 3.63) is 29.6 Å². The number of nitrogens with one attached hydrogen (secondary N) is 1. The van der Waals surface area contributed by atoms with Gasteiger partial charge in [0.2, 0.25) is 10.0 Å². The smallest absolute Gasteiger partial charge is 0.419 e. The van der Waals surface area contributed by atoms with E-state index in [0.717, 1.165) is 6.07 Å². The van der Waals surface area contributed by atoms with Gasteiger partial charge < -0.3 is 5.11 Å². The number of hydrogen-bond acceptors (Lipinski definition) is 4. The molecule has 0 unspecified atom stereocenters. The van der Waals surface area contributed by atoms with Crippen molar-refractivity contribution in [1.82, 2.24) is 9.62 Å². The molecule has 0 atom stereocenters. The highest BCUT2D eigenvalue weighted by molar-refractivity contribution is 7.89. The quantitative estimate of drug-likeness (QED) is 0.687. The van der Waals surface area contributed by atoms with Gasteiger partial charge in [0.05, 0.1) is 17.0 Å². The first-order valence-electron chi connectivity index (χ1n) is 7.79. The molecule has 1 saturated carbocycles. The normalized spacial score (nSPS) is 20.8. The number of hydrogen-bond donors (Lipinski definition) is 2. The molecule has 0 aliphatic heterocycles. The number of sulfonamides is 1. The van der Waals surface area contributed by atoms with Crippen LogP contribution in [-0.2, 0) is 21.0 Å². The first-order chi connectivity index (χ1) is 11.9. The molecular formula is C15H18F4N2O4S. The van der Waals surface area contributed by atoms with E-state index >= 15 is 0 Å². The lowest BCUT2D eigenvalue weighted by molar-refractivity contribution is -0.140. The summed E-state index contributed by atoms with van der Waals surface area (Å²) in [6, 6.07) is 0.852. The van der Waals surface area contributed by atoms with Gasteiger partial charge in [-0.05, 0) is 37.6 Å². The summed E-state index contributed by atoms with van der Waals surface area (Å²) in [7, 11) is -4.25. The van der Waals surface area contributed by atoms with Crippen LogP contribution in [0, 0.1) is 5.82 Å². The van der Waals surface area contributed by atoms with Gasteiger partial charge in [-0.1, -0.05) is 6.92 Å². The maximum Gasteiger partial charge on any atom is 0.419 e. The van der Waals surface area contributed by atoms with Gasteiger partial charge in [0.1, 0.15) is 5.82 Å². The molecule has 26 heavy (non-hydrogen) atoms. The summed E-state index contributed by atoms with van der Waals surface area (Å²) < 4.78 is 78.2. The third-order valence-corrected chi connectivity index (χ3v) is 5.77. The number of halogens is 4. The minimum absolute atomic E-state index is 0.122.